The second kappa shape index (κ2) is 14.8. The molecule has 42 heavy (non-hydrogen) atoms. The maximum Gasteiger partial charge on any atom is 0.271 e. The summed E-state index contributed by atoms with van der Waals surface area (Å²) in [5.74, 6) is 1.37. The molecule has 2 fully saturated rings. The average Bonchev–Trinajstić information content (AvgIpc) is 3.02. The third kappa shape index (κ3) is 8.17. The van der Waals surface area contributed by atoms with Crippen LogP contribution in [0, 0.1) is 11.3 Å². The minimum Gasteiger partial charge on any atom is -0.497 e. The van der Waals surface area contributed by atoms with Crippen molar-refractivity contribution in [3.05, 3.63) is 71.5 Å². The minimum atomic E-state index is -0.596. The standard InChI is InChI=1S/C23H29N7O.C8H9NO2/c24-10-15-29-13-8-18(9-14-29)17-4-6-19(7-5-17)27-23-21(22(25)31)26-16-20(28-23)30-11-2-1-3-12-30;1-11-7-4-2-6(3-5-7)8(9)10/h4-7,16,18H,1-3,8-9,11-15H2,(H2,25,31)(H,27,28);2-5H,1H3,(H2,9,10). The highest BCUT2D eigenvalue weighted by atomic mass is 16.5. The zero-order valence-corrected chi connectivity index (χ0v) is 24.0. The van der Waals surface area contributed by atoms with Gasteiger partial charge in [0.05, 0.1) is 25.9 Å². The molecular formula is C31H38N8O3. The number of hydrogen-bond acceptors (Lipinski definition) is 9. The van der Waals surface area contributed by atoms with Gasteiger partial charge in [-0.15, -0.1) is 0 Å². The normalized spacial score (nSPS) is 15.6. The topological polar surface area (TPSA) is 163 Å². The van der Waals surface area contributed by atoms with Gasteiger partial charge in [-0.05, 0) is 93.1 Å². The summed E-state index contributed by atoms with van der Waals surface area (Å²) in [7, 11) is 1.57. The molecule has 11 heteroatoms. The van der Waals surface area contributed by atoms with Gasteiger partial charge in [-0.2, -0.15) is 5.26 Å². The maximum absolute atomic E-state index is 11.9. The number of nitrogens with two attached hydrogens (primary N) is 2. The van der Waals surface area contributed by atoms with E-state index in [0.717, 1.165) is 69.1 Å². The third-order valence-corrected chi connectivity index (χ3v) is 7.57. The third-order valence-electron chi connectivity index (χ3n) is 7.57. The van der Waals surface area contributed by atoms with Gasteiger partial charge in [-0.25, -0.2) is 9.97 Å². The van der Waals surface area contributed by atoms with Crippen molar-refractivity contribution in [1.29, 1.82) is 5.26 Å². The number of aromatic nitrogens is 2. The van der Waals surface area contributed by atoms with Crippen molar-refractivity contribution in [2.45, 2.75) is 38.0 Å². The molecule has 2 saturated heterocycles. The molecule has 0 spiro atoms. The van der Waals surface area contributed by atoms with Gasteiger partial charge in [-0.1, -0.05) is 12.1 Å². The van der Waals surface area contributed by atoms with Crippen molar-refractivity contribution in [3.8, 4) is 11.8 Å². The number of nitrogens with zero attached hydrogens (tertiary/aromatic N) is 5. The summed E-state index contributed by atoms with van der Waals surface area (Å²) in [5.41, 5.74) is 13.3. The van der Waals surface area contributed by atoms with Gasteiger partial charge in [0.1, 0.15) is 11.6 Å². The van der Waals surface area contributed by atoms with E-state index in [1.165, 1.54) is 12.0 Å². The summed E-state index contributed by atoms with van der Waals surface area (Å²) in [6.45, 7) is 4.32. The highest BCUT2D eigenvalue weighted by molar-refractivity contribution is 5.96. The van der Waals surface area contributed by atoms with Crippen LogP contribution in [-0.4, -0.2) is 66.5 Å². The molecule has 0 bridgehead atoms. The number of methoxy groups -OCH3 is 1. The van der Waals surface area contributed by atoms with E-state index in [9.17, 15) is 9.59 Å². The number of likely N-dealkylation sites (tertiary alicyclic amines) is 1. The second-order valence-electron chi connectivity index (χ2n) is 10.4. The van der Waals surface area contributed by atoms with E-state index in [-0.39, 0.29) is 5.69 Å². The predicted molar refractivity (Wildman–Crippen MR) is 162 cm³/mol. The SMILES string of the molecule is COc1ccc(C(N)=O)cc1.N#CCN1CCC(c2ccc(Nc3nc(N4CCCCC4)cnc3C(N)=O)cc2)CC1. The number of carbonyl (C=O) groups excluding carboxylic acids is 2. The zero-order valence-electron chi connectivity index (χ0n) is 24.0. The molecule has 0 radical (unpaired) electrons. The molecule has 3 aromatic rings. The number of hydrogen-bond donors (Lipinski definition) is 3. The van der Waals surface area contributed by atoms with Crippen LogP contribution in [0.4, 0.5) is 17.3 Å². The Balaban J connectivity index is 0.000000310. The van der Waals surface area contributed by atoms with Gasteiger partial charge >= 0.3 is 0 Å². The summed E-state index contributed by atoms with van der Waals surface area (Å²) >= 11 is 0. The fourth-order valence-electron chi connectivity index (χ4n) is 5.18. The molecule has 11 nitrogen and oxygen atoms in total. The molecule has 0 atom stereocenters. The number of piperidine rings is 2. The number of nitriles is 1. The number of benzene rings is 2. The smallest absolute Gasteiger partial charge is 0.271 e. The van der Waals surface area contributed by atoms with Gasteiger partial charge in [-0.3, -0.25) is 14.5 Å². The van der Waals surface area contributed by atoms with E-state index in [0.29, 0.717) is 23.8 Å². The number of amides is 2. The molecule has 2 amide bonds. The number of anilines is 3. The largest absolute Gasteiger partial charge is 0.497 e. The van der Waals surface area contributed by atoms with Crippen LogP contribution < -0.4 is 26.4 Å². The first-order chi connectivity index (χ1) is 20.4. The number of primary amides is 2. The first kappa shape index (κ1) is 30.3. The van der Waals surface area contributed by atoms with Crippen molar-refractivity contribution in [2.75, 3.05) is 50.1 Å². The maximum atomic E-state index is 11.9. The lowest BCUT2D eigenvalue weighted by Crippen LogP contribution is -2.33. The number of ether oxygens (including phenoxy) is 1. The average molecular weight is 571 g/mol. The van der Waals surface area contributed by atoms with Crippen LogP contribution in [0.25, 0.3) is 0 Å². The molecule has 2 aliphatic heterocycles. The fraction of sp³-hybridized carbons (Fsp3) is 0.387. The lowest BCUT2D eigenvalue weighted by atomic mass is 9.89. The van der Waals surface area contributed by atoms with E-state index in [2.05, 4.69) is 43.3 Å². The van der Waals surface area contributed by atoms with Gasteiger partial charge in [0, 0.05) is 24.3 Å². The Bertz CT molecular complexity index is 1370. The number of rotatable bonds is 8. The van der Waals surface area contributed by atoms with Gasteiger partial charge in [0.2, 0.25) is 5.91 Å². The Morgan fingerprint density at radius 3 is 2.21 bits per heavy atom. The van der Waals surface area contributed by atoms with Crippen LogP contribution >= 0.6 is 0 Å². The molecule has 1 aromatic heterocycles. The number of nitrogens with one attached hydrogen (secondary N) is 1. The molecule has 2 aromatic carbocycles. The van der Waals surface area contributed by atoms with E-state index in [4.69, 9.17) is 21.5 Å². The van der Waals surface area contributed by atoms with E-state index in [1.54, 1.807) is 37.6 Å². The minimum absolute atomic E-state index is 0.148. The molecule has 220 valence electrons. The molecule has 0 unspecified atom stereocenters. The number of carbonyl (C=O) groups is 2. The van der Waals surface area contributed by atoms with Crippen molar-refractivity contribution in [3.63, 3.8) is 0 Å². The molecule has 0 aliphatic carbocycles. The summed E-state index contributed by atoms with van der Waals surface area (Å²) < 4.78 is 4.90. The lowest BCUT2D eigenvalue weighted by Gasteiger charge is -2.30. The van der Waals surface area contributed by atoms with Crippen molar-refractivity contribution < 1.29 is 14.3 Å². The molecule has 0 saturated carbocycles. The van der Waals surface area contributed by atoms with Crippen LogP contribution in [0.5, 0.6) is 5.75 Å². The molecule has 3 heterocycles. The Hall–Kier alpha value is -4.69. The highest BCUT2D eigenvalue weighted by Crippen LogP contribution is 2.30. The summed E-state index contributed by atoms with van der Waals surface area (Å²) in [6.07, 6.45) is 7.27. The summed E-state index contributed by atoms with van der Waals surface area (Å²) in [6, 6.07) is 17.1. The Labute approximate surface area is 246 Å². The Morgan fingerprint density at radius 1 is 0.976 bits per heavy atom. The summed E-state index contributed by atoms with van der Waals surface area (Å²) in [5, 5.41) is 12.1. The van der Waals surface area contributed by atoms with Crippen LogP contribution in [0.1, 0.15) is 64.4 Å². The molecular weight excluding hydrogens is 532 g/mol. The van der Waals surface area contributed by atoms with Crippen molar-refractivity contribution in [1.82, 2.24) is 14.9 Å². The predicted octanol–water partition coefficient (Wildman–Crippen LogP) is 3.81. The van der Waals surface area contributed by atoms with Gasteiger partial charge in [0.25, 0.3) is 5.91 Å². The Morgan fingerprint density at radius 2 is 1.64 bits per heavy atom. The summed E-state index contributed by atoms with van der Waals surface area (Å²) in [4.78, 5) is 35.8. The first-order valence-electron chi connectivity index (χ1n) is 14.2. The zero-order chi connectivity index (χ0) is 29.9. The second-order valence-corrected chi connectivity index (χ2v) is 10.4. The van der Waals surface area contributed by atoms with E-state index in [1.807, 2.05) is 12.1 Å². The first-order valence-corrected chi connectivity index (χ1v) is 14.2. The van der Waals surface area contributed by atoms with Crippen LogP contribution in [-0.2, 0) is 0 Å². The van der Waals surface area contributed by atoms with Crippen molar-refractivity contribution in [2.24, 2.45) is 11.5 Å². The molecule has 5 rings (SSSR count). The van der Waals surface area contributed by atoms with Crippen molar-refractivity contribution >= 4 is 29.1 Å². The van der Waals surface area contributed by atoms with Crippen LogP contribution in [0.2, 0.25) is 0 Å². The molecule has 5 N–H and O–H groups in total. The fourth-order valence-corrected chi connectivity index (χ4v) is 5.18. The van der Waals surface area contributed by atoms with Gasteiger partial charge < -0.3 is 26.4 Å². The van der Waals surface area contributed by atoms with E-state index >= 15 is 0 Å². The van der Waals surface area contributed by atoms with Crippen LogP contribution in [0.15, 0.2) is 54.7 Å². The van der Waals surface area contributed by atoms with Gasteiger partial charge in [0.15, 0.2) is 11.5 Å². The highest BCUT2D eigenvalue weighted by Gasteiger charge is 2.21. The monoisotopic (exact) mass is 570 g/mol. The Kier molecular flexibility index (Phi) is 10.7. The van der Waals surface area contributed by atoms with E-state index < -0.39 is 11.8 Å². The molecule has 2 aliphatic rings. The lowest BCUT2D eigenvalue weighted by molar-refractivity contribution is 0.0989. The van der Waals surface area contributed by atoms with Crippen LogP contribution in [0.3, 0.4) is 0 Å². The quantitative estimate of drug-likeness (QED) is 0.342.